The summed E-state index contributed by atoms with van der Waals surface area (Å²) in [6, 6.07) is 5.43. The molecule has 0 amide bonds. The van der Waals surface area contributed by atoms with Crippen molar-refractivity contribution in [2.45, 2.75) is 67.0 Å². The van der Waals surface area contributed by atoms with E-state index >= 15 is 0 Å². The summed E-state index contributed by atoms with van der Waals surface area (Å²) in [5, 5.41) is 0.146. The molecule has 1 aromatic heterocycles. The van der Waals surface area contributed by atoms with Crippen molar-refractivity contribution < 1.29 is 57.5 Å². The molecule has 0 aliphatic rings. The second-order valence-corrected chi connectivity index (χ2v) is 11.6. The Labute approximate surface area is 226 Å². The molecule has 0 saturated heterocycles. The van der Waals surface area contributed by atoms with Crippen molar-refractivity contribution in [2.24, 2.45) is 0 Å². The zero-order chi connectivity index (χ0) is 29.9. The number of esters is 1. The first-order valence-corrected chi connectivity index (χ1v) is 13.6. The summed E-state index contributed by atoms with van der Waals surface area (Å²) < 4.78 is 152. The number of hydrogen-bond acceptors (Lipinski definition) is 5. The van der Waals surface area contributed by atoms with Gasteiger partial charge in [0.1, 0.15) is 0 Å². The largest absolute Gasteiger partial charge is 0.469 e. The molecule has 0 spiro atoms. The number of methoxy groups -OCH3 is 1. The molecule has 0 bridgehead atoms. The maximum absolute atomic E-state index is 14.2. The van der Waals surface area contributed by atoms with E-state index in [1.54, 1.807) is 0 Å². The summed E-state index contributed by atoms with van der Waals surface area (Å²) in [6.45, 7) is 0. The molecule has 0 fully saturated rings. The van der Waals surface area contributed by atoms with Gasteiger partial charge in [-0.05, 0) is 55.7 Å². The van der Waals surface area contributed by atoms with Crippen molar-refractivity contribution in [2.75, 3.05) is 7.11 Å². The number of aryl methyl sites for hydroxylation is 1. The van der Waals surface area contributed by atoms with Crippen LogP contribution in [-0.2, 0) is 26.0 Å². The van der Waals surface area contributed by atoms with Crippen molar-refractivity contribution in [3.05, 3.63) is 51.2 Å². The molecule has 5 nitrogen and oxygen atoms in total. The number of ether oxygens (including phenoxy) is 1. The Morgan fingerprint density at radius 2 is 1.56 bits per heavy atom. The van der Waals surface area contributed by atoms with Crippen LogP contribution in [0, 0.1) is 0 Å². The topological polar surface area (TPSA) is 72.5 Å². The number of benzene rings is 1. The third-order valence-electron chi connectivity index (χ3n) is 5.44. The van der Waals surface area contributed by atoms with Gasteiger partial charge in [0.2, 0.25) is 10.0 Å². The Morgan fingerprint density at radius 3 is 2.10 bits per heavy atom. The first kappa shape index (κ1) is 33.2. The smallest absolute Gasteiger partial charge is 0.460 e. The molecule has 2 rings (SSSR count). The van der Waals surface area contributed by atoms with Crippen molar-refractivity contribution in [3.8, 4) is 0 Å². The summed E-state index contributed by atoms with van der Waals surface area (Å²) in [5.41, 5.74) is 0. The standard InChI is InChI=1S/C22H21ClF9NO4S2/c1-37-18(34)4-2-3-14-7-10-17(38-14)16(33-39(35,36)15-8-5-13(23)6-9-15)11-12-19(24,25)20(26,27)21(28,29)22(30,31)32/h5-10,16,33H,2-4,11-12H2,1H3. The zero-order valence-corrected chi connectivity index (χ0v) is 22.2. The maximum atomic E-state index is 14.2. The minimum absolute atomic E-state index is 0.0118. The molecule has 1 aromatic carbocycles. The highest BCUT2D eigenvalue weighted by Crippen LogP contribution is 2.54. The Bertz CT molecular complexity index is 1230. The fourth-order valence-electron chi connectivity index (χ4n) is 3.24. The molecule has 39 heavy (non-hydrogen) atoms. The highest BCUT2D eigenvalue weighted by Gasteiger charge is 2.81. The second-order valence-electron chi connectivity index (χ2n) is 8.25. The van der Waals surface area contributed by atoms with Gasteiger partial charge >= 0.3 is 29.9 Å². The first-order valence-electron chi connectivity index (χ1n) is 10.9. The highest BCUT2D eigenvalue weighted by molar-refractivity contribution is 7.89. The van der Waals surface area contributed by atoms with Crippen molar-refractivity contribution in [3.63, 3.8) is 0 Å². The number of halogens is 10. The van der Waals surface area contributed by atoms with Gasteiger partial charge in [0.15, 0.2) is 0 Å². The van der Waals surface area contributed by atoms with Gasteiger partial charge < -0.3 is 4.74 Å². The molecule has 0 saturated carbocycles. The van der Waals surface area contributed by atoms with Crippen LogP contribution in [0.1, 0.15) is 41.5 Å². The lowest BCUT2D eigenvalue weighted by Gasteiger charge is -2.34. The monoisotopic (exact) mass is 633 g/mol. The Morgan fingerprint density at radius 1 is 0.974 bits per heavy atom. The molecule has 17 heteroatoms. The predicted molar refractivity (Wildman–Crippen MR) is 124 cm³/mol. The normalized spacial score (nSPS) is 14.3. The summed E-state index contributed by atoms with van der Waals surface area (Å²) in [4.78, 5) is 11.4. The van der Waals surface area contributed by atoms with Gasteiger partial charge in [-0.15, -0.1) is 11.3 Å². The first-order chi connectivity index (χ1) is 17.7. The van der Waals surface area contributed by atoms with E-state index in [4.69, 9.17) is 11.6 Å². The van der Waals surface area contributed by atoms with Gasteiger partial charge in [-0.25, -0.2) is 13.1 Å². The van der Waals surface area contributed by atoms with Gasteiger partial charge in [-0.3, -0.25) is 4.79 Å². The fraction of sp³-hybridized carbons (Fsp3) is 0.500. The minimum atomic E-state index is -7.06. The Balaban J connectivity index is 2.35. The number of thiophene rings is 1. The molecular formula is C22H21ClF9NO4S2. The average Bonchev–Trinajstić information content (AvgIpc) is 3.29. The van der Waals surface area contributed by atoms with Crippen LogP contribution in [0.2, 0.25) is 5.02 Å². The fourth-order valence-corrected chi connectivity index (χ4v) is 5.83. The van der Waals surface area contributed by atoms with E-state index in [0.29, 0.717) is 4.88 Å². The van der Waals surface area contributed by atoms with E-state index in [9.17, 15) is 52.7 Å². The average molecular weight is 634 g/mol. The molecule has 1 N–H and O–H groups in total. The van der Waals surface area contributed by atoms with Crippen LogP contribution in [-0.4, -0.2) is 45.4 Å². The van der Waals surface area contributed by atoms with Crippen LogP contribution >= 0.6 is 22.9 Å². The molecule has 220 valence electrons. The second kappa shape index (κ2) is 12.2. The number of rotatable bonds is 13. The van der Waals surface area contributed by atoms with Crippen LogP contribution in [0.5, 0.6) is 0 Å². The quantitative estimate of drug-likeness (QED) is 0.188. The van der Waals surface area contributed by atoms with Crippen molar-refractivity contribution in [1.29, 1.82) is 0 Å². The van der Waals surface area contributed by atoms with Gasteiger partial charge in [-0.2, -0.15) is 39.5 Å². The molecular weight excluding hydrogens is 613 g/mol. The SMILES string of the molecule is COC(=O)CCCc1ccc(C(CCC(F)(F)C(F)(F)C(F)(F)C(F)(F)F)NS(=O)(=O)c2ccc(Cl)cc2)s1. The van der Waals surface area contributed by atoms with E-state index in [2.05, 4.69) is 4.74 Å². The van der Waals surface area contributed by atoms with Crippen LogP contribution in [0.25, 0.3) is 0 Å². The summed E-state index contributed by atoms with van der Waals surface area (Å²) in [7, 11) is -3.35. The molecule has 1 unspecified atom stereocenters. The van der Waals surface area contributed by atoms with Crippen LogP contribution in [0.3, 0.4) is 0 Å². The van der Waals surface area contributed by atoms with Crippen molar-refractivity contribution >= 4 is 38.9 Å². The molecule has 2 aromatic rings. The molecule has 1 atom stereocenters. The predicted octanol–water partition coefficient (Wildman–Crippen LogP) is 7.17. The molecule has 0 aliphatic carbocycles. The molecule has 0 aliphatic heterocycles. The van der Waals surface area contributed by atoms with Gasteiger partial charge in [0, 0.05) is 27.6 Å². The number of nitrogens with one attached hydrogen (secondary N) is 1. The summed E-state index contributed by atoms with van der Waals surface area (Å²) in [6.07, 6.45) is -9.92. The lowest BCUT2D eigenvalue weighted by atomic mass is 9.97. The van der Waals surface area contributed by atoms with Crippen LogP contribution in [0.4, 0.5) is 39.5 Å². The summed E-state index contributed by atoms with van der Waals surface area (Å²) >= 11 is 6.56. The number of sulfonamides is 1. The number of alkyl halides is 9. The van der Waals surface area contributed by atoms with Crippen LogP contribution < -0.4 is 4.72 Å². The number of carbonyl (C=O) groups is 1. The minimum Gasteiger partial charge on any atom is -0.469 e. The molecule has 1 heterocycles. The number of carbonyl (C=O) groups excluding carboxylic acids is 1. The van der Waals surface area contributed by atoms with Crippen LogP contribution in [0.15, 0.2) is 41.3 Å². The van der Waals surface area contributed by atoms with Crippen molar-refractivity contribution in [1.82, 2.24) is 4.72 Å². The highest BCUT2D eigenvalue weighted by atomic mass is 35.5. The number of hydrogen-bond donors (Lipinski definition) is 1. The lowest BCUT2D eigenvalue weighted by molar-refractivity contribution is -0.396. The van der Waals surface area contributed by atoms with Gasteiger partial charge in [-0.1, -0.05) is 11.6 Å². The van der Waals surface area contributed by atoms with E-state index in [1.165, 1.54) is 31.4 Å². The third-order valence-corrected chi connectivity index (χ3v) is 8.43. The van der Waals surface area contributed by atoms with E-state index in [0.717, 1.165) is 23.5 Å². The molecule has 0 radical (unpaired) electrons. The maximum Gasteiger partial charge on any atom is 0.460 e. The zero-order valence-electron chi connectivity index (χ0n) is 19.8. The Hall–Kier alpha value is -2.04. The lowest BCUT2D eigenvalue weighted by Crippen LogP contribution is -2.60. The van der Waals surface area contributed by atoms with E-state index in [-0.39, 0.29) is 29.2 Å². The van der Waals surface area contributed by atoms with E-state index in [1.807, 2.05) is 4.72 Å². The van der Waals surface area contributed by atoms with Gasteiger partial charge in [0.25, 0.3) is 0 Å². The van der Waals surface area contributed by atoms with Gasteiger partial charge in [0.05, 0.1) is 18.0 Å². The Kier molecular flexibility index (Phi) is 10.4. The van der Waals surface area contributed by atoms with E-state index < -0.39 is 63.7 Å². The summed E-state index contributed by atoms with van der Waals surface area (Å²) in [5.74, 6) is -20.3. The third kappa shape index (κ3) is 7.79.